The Morgan fingerprint density at radius 1 is 1.57 bits per heavy atom. The number of ether oxygens (including phenoxy) is 1. The maximum Gasteiger partial charge on any atom is 0.252 e. The second-order valence-corrected chi connectivity index (χ2v) is 3.39. The zero-order chi connectivity index (χ0) is 10.6. The normalized spacial score (nSPS) is 9.57. The average Bonchev–Trinajstić information content (AvgIpc) is 2.15. The fraction of sp³-hybridized carbons (Fsp3) is 0.182. The molecule has 0 amide bonds. The summed E-state index contributed by atoms with van der Waals surface area (Å²) in [6.07, 6.45) is 0. The van der Waals surface area contributed by atoms with Crippen molar-refractivity contribution < 1.29 is 9.53 Å². The van der Waals surface area contributed by atoms with E-state index in [0.717, 1.165) is 5.57 Å². The van der Waals surface area contributed by atoms with Gasteiger partial charge < -0.3 is 4.74 Å². The fourth-order valence-electron chi connectivity index (χ4n) is 0.915. The average molecular weight is 211 g/mol. The number of rotatable bonds is 4. The maximum atomic E-state index is 10.8. The van der Waals surface area contributed by atoms with Crippen molar-refractivity contribution in [2.75, 3.05) is 6.61 Å². The number of carbonyl (C=O) groups is 1. The molecule has 0 N–H and O–H groups in total. The molecule has 0 aliphatic heterocycles. The number of halogens is 1. The van der Waals surface area contributed by atoms with Gasteiger partial charge in [0, 0.05) is 5.56 Å². The van der Waals surface area contributed by atoms with E-state index in [1.54, 1.807) is 24.3 Å². The van der Waals surface area contributed by atoms with Crippen LogP contribution >= 0.6 is 11.6 Å². The molecule has 0 heterocycles. The Kier molecular flexibility index (Phi) is 3.72. The molecule has 74 valence electrons. The quantitative estimate of drug-likeness (QED) is 0.564. The lowest BCUT2D eigenvalue weighted by Gasteiger charge is -2.05. The molecule has 0 unspecified atom stereocenters. The third kappa shape index (κ3) is 3.23. The van der Waals surface area contributed by atoms with Crippen molar-refractivity contribution in [2.24, 2.45) is 0 Å². The van der Waals surface area contributed by atoms with E-state index >= 15 is 0 Å². The fourth-order valence-corrected chi connectivity index (χ4v) is 1.03. The predicted octanol–water partition coefficient (Wildman–Crippen LogP) is 3.02. The number of carbonyl (C=O) groups excluding carboxylic acids is 1. The minimum Gasteiger partial charge on any atom is -0.489 e. The Hall–Kier alpha value is -1.28. The predicted molar refractivity (Wildman–Crippen MR) is 56.9 cm³/mol. The molecule has 0 aliphatic carbocycles. The van der Waals surface area contributed by atoms with E-state index in [1.165, 1.54) is 0 Å². The SMILES string of the molecule is C=C(C)COc1cccc(C(=O)Cl)c1. The van der Waals surface area contributed by atoms with Crippen LogP contribution < -0.4 is 4.74 Å². The van der Waals surface area contributed by atoms with E-state index < -0.39 is 5.24 Å². The van der Waals surface area contributed by atoms with Gasteiger partial charge in [-0.2, -0.15) is 0 Å². The summed E-state index contributed by atoms with van der Waals surface area (Å²) in [5.74, 6) is 0.625. The summed E-state index contributed by atoms with van der Waals surface area (Å²) in [5, 5.41) is -0.481. The number of hydrogen-bond donors (Lipinski definition) is 0. The smallest absolute Gasteiger partial charge is 0.252 e. The van der Waals surface area contributed by atoms with Gasteiger partial charge in [0.15, 0.2) is 0 Å². The summed E-state index contributed by atoms with van der Waals surface area (Å²) in [6, 6.07) is 6.75. The summed E-state index contributed by atoms with van der Waals surface area (Å²) >= 11 is 5.33. The second-order valence-electron chi connectivity index (χ2n) is 3.05. The van der Waals surface area contributed by atoms with Crippen molar-refractivity contribution in [1.82, 2.24) is 0 Å². The van der Waals surface area contributed by atoms with Gasteiger partial charge in [-0.25, -0.2) is 0 Å². The van der Waals surface area contributed by atoms with Gasteiger partial charge in [0.1, 0.15) is 12.4 Å². The van der Waals surface area contributed by atoms with Crippen molar-refractivity contribution in [3.8, 4) is 5.75 Å². The number of hydrogen-bond acceptors (Lipinski definition) is 2. The summed E-state index contributed by atoms with van der Waals surface area (Å²) in [7, 11) is 0. The molecule has 0 saturated heterocycles. The van der Waals surface area contributed by atoms with Crippen LogP contribution in [0.25, 0.3) is 0 Å². The minimum atomic E-state index is -0.481. The van der Waals surface area contributed by atoms with Crippen molar-refractivity contribution in [2.45, 2.75) is 6.92 Å². The van der Waals surface area contributed by atoms with Gasteiger partial charge in [0.05, 0.1) is 0 Å². The van der Waals surface area contributed by atoms with Crippen LogP contribution in [0.1, 0.15) is 17.3 Å². The van der Waals surface area contributed by atoms with Crippen LogP contribution in [0.3, 0.4) is 0 Å². The molecule has 0 spiro atoms. The minimum absolute atomic E-state index is 0.436. The van der Waals surface area contributed by atoms with Gasteiger partial charge in [-0.15, -0.1) is 0 Å². The highest BCUT2D eigenvalue weighted by Gasteiger charge is 2.02. The van der Waals surface area contributed by atoms with E-state index in [9.17, 15) is 4.79 Å². The third-order valence-electron chi connectivity index (χ3n) is 1.55. The Labute approximate surface area is 88.1 Å². The standard InChI is InChI=1S/C11H11ClO2/c1-8(2)7-14-10-5-3-4-9(6-10)11(12)13/h3-6H,1,7H2,2H3. The first-order chi connectivity index (χ1) is 6.59. The first-order valence-electron chi connectivity index (χ1n) is 4.16. The lowest BCUT2D eigenvalue weighted by atomic mass is 10.2. The molecular formula is C11H11ClO2. The van der Waals surface area contributed by atoms with Crippen LogP contribution in [0, 0.1) is 0 Å². The summed E-state index contributed by atoms with van der Waals surface area (Å²) in [4.78, 5) is 10.8. The summed E-state index contributed by atoms with van der Waals surface area (Å²) < 4.78 is 5.35. The molecule has 3 heteroatoms. The van der Waals surface area contributed by atoms with Crippen molar-refractivity contribution in [3.63, 3.8) is 0 Å². The molecule has 0 radical (unpaired) electrons. The lowest BCUT2D eigenvalue weighted by Crippen LogP contribution is -1.98. The van der Waals surface area contributed by atoms with Crippen LogP contribution in [0.2, 0.25) is 0 Å². The van der Waals surface area contributed by atoms with Gasteiger partial charge in [-0.1, -0.05) is 12.6 Å². The van der Waals surface area contributed by atoms with E-state index in [0.29, 0.717) is 17.9 Å². The first kappa shape index (κ1) is 10.8. The Morgan fingerprint density at radius 3 is 2.86 bits per heavy atom. The zero-order valence-corrected chi connectivity index (χ0v) is 8.67. The largest absolute Gasteiger partial charge is 0.489 e. The molecule has 0 aliphatic rings. The van der Waals surface area contributed by atoms with Crippen molar-refractivity contribution in [3.05, 3.63) is 42.0 Å². The molecule has 0 aromatic heterocycles. The van der Waals surface area contributed by atoms with Crippen LogP contribution in [0.5, 0.6) is 5.75 Å². The maximum absolute atomic E-state index is 10.8. The third-order valence-corrected chi connectivity index (χ3v) is 1.76. The van der Waals surface area contributed by atoms with Crippen LogP contribution in [-0.2, 0) is 0 Å². The van der Waals surface area contributed by atoms with Gasteiger partial charge in [-0.3, -0.25) is 4.79 Å². The van der Waals surface area contributed by atoms with Crippen LogP contribution in [0.4, 0.5) is 0 Å². The van der Waals surface area contributed by atoms with E-state index in [-0.39, 0.29) is 0 Å². The van der Waals surface area contributed by atoms with Gasteiger partial charge in [-0.05, 0) is 42.3 Å². The summed E-state index contributed by atoms with van der Waals surface area (Å²) in [5.41, 5.74) is 1.36. The van der Waals surface area contributed by atoms with Crippen molar-refractivity contribution in [1.29, 1.82) is 0 Å². The Morgan fingerprint density at radius 2 is 2.29 bits per heavy atom. The molecular weight excluding hydrogens is 200 g/mol. The molecule has 0 atom stereocenters. The molecule has 1 aromatic carbocycles. The highest BCUT2D eigenvalue weighted by Crippen LogP contribution is 2.15. The lowest BCUT2D eigenvalue weighted by molar-refractivity contribution is 0.108. The van der Waals surface area contributed by atoms with Crippen LogP contribution in [-0.4, -0.2) is 11.8 Å². The number of benzene rings is 1. The molecule has 14 heavy (non-hydrogen) atoms. The van der Waals surface area contributed by atoms with E-state index in [1.807, 2.05) is 6.92 Å². The molecule has 0 bridgehead atoms. The molecule has 1 rings (SSSR count). The Balaban J connectivity index is 2.73. The van der Waals surface area contributed by atoms with Gasteiger partial charge in [0.2, 0.25) is 0 Å². The monoisotopic (exact) mass is 210 g/mol. The molecule has 1 aromatic rings. The second kappa shape index (κ2) is 4.82. The highest BCUT2D eigenvalue weighted by atomic mass is 35.5. The summed E-state index contributed by atoms with van der Waals surface area (Å²) in [6.45, 7) is 6.03. The van der Waals surface area contributed by atoms with Crippen LogP contribution in [0.15, 0.2) is 36.4 Å². The first-order valence-corrected chi connectivity index (χ1v) is 4.54. The van der Waals surface area contributed by atoms with Gasteiger partial charge in [0.25, 0.3) is 5.24 Å². The van der Waals surface area contributed by atoms with E-state index in [2.05, 4.69) is 6.58 Å². The van der Waals surface area contributed by atoms with E-state index in [4.69, 9.17) is 16.3 Å². The van der Waals surface area contributed by atoms with Gasteiger partial charge >= 0.3 is 0 Å². The van der Waals surface area contributed by atoms with Crippen molar-refractivity contribution >= 4 is 16.8 Å². The topological polar surface area (TPSA) is 26.3 Å². The zero-order valence-electron chi connectivity index (χ0n) is 7.92. The molecule has 0 fully saturated rings. The Bertz CT molecular complexity index is 358. The molecule has 2 nitrogen and oxygen atoms in total. The molecule has 0 saturated carbocycles. The highest BCUT2D eigenvalue weighted by molar-refractivity contribution is 6.67.